The van der Waals surface area contributed by atoms with Gasteiger partial charge in [-0.1, -0.05) is 35.9 Å². The molecule has 0 bridgehead atoms. The summed E-state index contributed by atoms with van der Waals surface area (Å²) in [4.78, 5) is 12.1. The topological polar surface area (TPSA) is 63.8 Å². The molecule has 4 nitrogen and oxygen atoms in total. The lowest BCUT2D eigenvalue weighted by atomic mass is 10.1. The lowest BCUT2D eigenvalue weighted by molar-refractivity contribution is 0.853. The minimum atomic E-state index is -0.162. The fraction of sp³-hybridized carbons (Fsp3) is 0. The summed E-state index contributed by atoms with van der Waals surface area (Å²) in [5, 5.41) is 3.57. The molecule has 0 aliphatic rings. The first kappa shape index (κ1) is 12.6. The first-order valence-corrected chi connectivity index (χ1v) is 6.46. The Bertz CT molecular complexity index is 802. The number of hydrogen-bond acceptors (Lipinski definition) is 2. The first-order valence-electron chi connectivity index (χ1n) is 6.08. The Morgan fingerprint density at radius 1 is 1.05 bits per heavy atom. The number of nitrogen functional groups attached to an aromatic ring is 1. The zero-order chi connectivity index (χ0) is 14.1. The molecular formula is C15H12ClN3O. The molecule has 0 aliphatic carbocycles. The number of H-pyrrole nitrogens is 1. The fourth-order valence-corrected chi connectivity index (χ4v) is 2.24. The summed E-state index contributed by atoms with van der Waals surface area (Å²) < 4.78 is 1.42. The van der Waals surface area contributed by atoms with Crippen LogP contribution in [0.4, 0.5) is 5.69 Å². The number of nitrogens with two attached hydrogens (primary N) is 1. The second kappa shape index (κ2) is 4.90. The fourth-order valence-electron chi connectivity index (χ4n) is 2.02. The van der Waals surface area contributed by atoms with Gasteiger partial charge in [-0.15, -0.1) is 0 Å². The molecule has 1 heterocycles. The van der Waals surface area contributed by atoms with E-state index in [9.17, 15) is 4.79 Å². The second-order valence-corrected chi connectivity index (χ2v) is 4.82. The molecule has 3 aromatic rings. The Morgan fingerprint density at radius 2 is 1.75 bits per heavy atom. The number of benzene rings is 2. The Balaban J connectivity index is 2.10. The van der Waals surface area contributed by atoms with Gasteiger partial charge in [-0.25, -0.2) is 4.68 Å². The summed E-state index contributed by atoms with van der Waals surface area (Å²) in [6.45, 7) is 0. The molecule has 0 saturated carbocycles. The van der Waals surface area contributed by atoms with Gasteiger partial charge in [0.05, 0.1) is 16.4 Å². The summed E-state index contributed by atoms with van der Waals surface area (Å²) in [6, 6.07) is 16.0. The van der Waals surface area contributed by atoms with Crippen LogP contribution in [0.15, 0.2) is 59.4 Å². The van der Waals surface area contributed by atoms with Crippen molar-refractivity contribution in [2.24, 2.45) is 0 Å². The molecule has 0 fully saturated rings. The molecule has 3 N–H and O–H groups in total. The van der Waals surface area contributed by atoms with Gasteiger partial charge < -0.3 is 5.73 Å². The molecule has 0 unspecified atom stereocenters. The SMILES string of the molecule is Nc1ccc(-c2cc(=O)n(-c3ccccc3Cl)[nH]2)cc1. The van der Waals surface area contributed by atoms with Crippen LogP contribution >= 0.6 is 11.6 Å². The Labute approximate surface area is 120 Å². The predicted molar refractivity (Wildman–Crippen MR) is 81.2 cm³/mol. The van der Waals surface area contributed by atoms with Gasteiger partial charge in [0.25, 0.3) is 5.56 Å². The van der Waals surface area contributed by atoms with Gasteiger partial charge >= 0.3 is 0 Å². The Morgan fingerprint density at radius 3 is 2.45 bits per heavy atom. The van der Waals surface area contributed by atoms with Crippen LogP contribution < -0.4 is 11.3 Å². The van der Waals surface area contributed by atoms with Gasteiger partial charge in [0.15, 0.2) is 0 Å². The molecule has 0 radical (unpaired) electrons. The molecule has 3 rings (SSSR count). The van der Waals surface area contributed by atoms with E-state index in [1.54, 1.807) is 24.3 Å². The van der Waals surface area contributed by atoms with Crippen LogP contribution in [0.1, 0.15) is 0 Å². The first-order chi connectivity index (χ1) is 9.65. The summed E-state index contributed by atoms with van der Waals surface area (Å²) in [6.07, 6.45) is 0. The van der Waals surface area contributed by atoms with Crippen LogP contribution in [0.2, 0.25) is 5.02 Å². The predicted octanol–water partition coefficient (Wildman–Crippen LogP) is 3.07. The van der Waals surface area contributed by atoms with Crippen molar-refractivity contribution < 1.29 is 0 Å². The standard InChI is InChI=1S/C15H12ClN3O/c16-12-3-1-2-4-14(12)19-15(20)9-13(18-19)10-5-7-11(17)8-6-10/h1-9,18H,17H2. The molecule has 20 heavy (non-hydrogen) atoms. The normalized spacial score (nSPS) is 10.7. The number of nitrogens with one attached hydrogen (secondary N) is 1. The van der Waals surface area contributed by atoms with Crippen molar-refractivity contribution in [3.05, 3.63) is 70.0 Å². The van der Waals surface area contributed by atoms with Crippen molar-refractivity contribution in [1.29, 1.82) is 0 Å². The monoisotopic (exact) mass is 285 g/mol. The molecule has 0 saturated heterocycles. The van der Waals surface area contributed by atoms with Crippen molar-refractivity contribution in [3.8, 4) is 16.9 Å². The lowest BCUT2D eigenvalue weighted by Crippen LogP contribution is -2.13. The average Bonchev–Trinajstić information content (AvgIpc) is 2.82. The van der Waals surface area contributed by atoms with Gasteiger partial charge in [-0.3, -0.25) is 9.89 Å². The molecule has 0 spiro atoms. The van der Waals surface area contributed by atoms with Gasteiger partial charge in [0, 0.05) is 11.8 Å². The van der Waals surface area contributed by atoms with Gasteiger partial charge in [0.1, 0.15) is 0 Å². The van der Waals surface area contributed by atoms with Crippen LogP contribution in [-0.4, -0.2) is 9.78 Å². The van der Waals surface area contributed by atoms with E-state index < -0.39 is 0 Å². The van der Waals surface area contributed by atoms with Gasteiger partial charge in [-0.05, 0) is 29.8 Å². The van der Waals surface area contributed by atoms with E-state index in [2.05, 4.69) is 5.10 Å². The van der Waals surface area contributed by atoms with Gasteiger partial charge in [-0.2, -0.15) is 0 Å². The molecule has 0 amide bonds. The highest BCUT2D eigenvalue weighted by molar-refractivity contribution is 6.32. The Hall–Kier alpha value is -2.46. The van der Waals surface area contributed by atoms with Crippen LogP contribution in [0.3, 0.4) is 0 Å². The van der Waals surface area contributed by atoms with Crippen molar-refractivity contribution >= 4 is 17.3 Å². The molecule has 0 atom stereocenters. The van der Waals surface area contributed by atoms with E-state index in [0.717, 1.165) is 11.3 Å². The lowest BCUT2D eigenvalue weighted by Gasteiger charge is -2.04. The van der Waals surface area contributed by atoms with Crippen molar-refractivity contribution in [3.63, 3.8) is 0 Å². The maximum Gasteiger partial charge on any atom is 0.271 e. The smallest absolute Gasteiger partial charge is 0.271 e. The third-order valence-corrected chi connectivity index (χ3v) is 3.36. The highest BCUT2D eigenvalue weighted by Crippen LogP contribution is 2.21. The van der Waals surface area contributed by atoms with E-state index in [-0.39, 0.29) is 5.56 Å². The Kier molecular flexibility index (Phi) is 3.08. The van der Waals surface area contributed by atoms with E-state index in [1.807, 2.05) is 24.3 Å². The molecule has 2 aromatic carbocycles. The second-order valence-electron chi connectivity index (χ2n) is 4.42. The summed E-state index contributed by atoms with van der Waals surface area (Å²) in [7, 11) is 0. The van der Waals surface area contributed by atoms with E-state index >= 15 is 0 Å². The molecule has 0 aliphatic heterocycles. The minimum Gasteiger partial charge on any atom is -0.399 e. The number of hydrogen-bond donors (Lipinski definition) is 2. The van der Waals surface area contributed by atoms with E-state index in [4.69, 9.17) is 17.3 Å². The van der Waals surface area contributed by atoms with Crippen molar-refractivity contribution in [2.45, 2.75) is 0 Å². The van der Waals surface area contributed by atoms with Crippen molar-refractivity contribution in [2.75, 3.05) is 5.73 Å². The number of halogens is 1. The maximum absolute atomic E-state index is 12.1. The summed E-state index contributed by atoms with van der Waals surface area (Å²) in [5.74, 6) is 0. The number of anilines is 1. The number of aromatic amines is 1. The average molecular weight is 286 g/mol. The highest BCUT2D eigenvalue weighted by Gasteiger charge is 2.09. The maximum atomic E-state index is 12.1. The summed E-state index contributed by atoms with van der Waals surface area (Å²) >= 11 is 6.11. The molecule has 5 heteroatoms. The quantitative estimate of drug-likeness (QED) is 0.711. The molecule has 1 aromatic heterocycles. The van der Waals surface area contributed by atoms with Crippen LogP contribution in [0.25, 0.3) is 16.9 Å². The van der Waals surface area contributed by atoms with Crippen LogP contribution in [-0.2, 0) is 0 Å². The van der Waals surface area contributed by atoms with E-state index in [0.29, 0.717) is 16.4 Å². The van der Waals surface area contributed by atoms with Gasteiger partial charge in [0.2, 0.25) is 0 Å². The summed E-state index contributed by atoms with van der Waals surface area (Å²) in [5.41, 5.74) is 8.41. The number of nitrogens with zero attached hydrogens (tertiary/aromatic N) is 1. The highest BCUT2D eigenvalue weighted by atomic mass is 35.5. The zero-order valence-corrected chi connectivity index (χ0v) is 11.3. The molecule has 100 valence electrons. The van der Waals surface area contributed by atoms with E-state index in [1.165, 1.54) is 10.7 Å². The largest absolute Gasteiger partial charge is 0.399 e. The number of rotatable bonds is 2. The van der Waals surface area contributed by atoms with Crippen LogP contribution in [0, 0.1) is 0 Å². The molecular weight excluding hydrogens is 274 g/mol. The van der Waals surface area contributed by atoms with Crippen LogP contribution in [0.5, 0.6) is 0 Å². The number of para-hydroxylation sites is 1. The third-order valence-electron chi connectivity index (χ3n) is 3.04. The zero-order valence-electron chi connectivity index (χ0n) is 10.5. The van der Waals surface area contributed by atoms with Crippen molar-refractivity contribution in [1.82, 2.24) is 9.78 Å². The number of aromatic nitrogens is 2. The third kappa shape index (κ3) is 2.21. The minimum absolute atomic E-state index is 0.162.